The molecule has 1 aromatic heterocycles. The summed E-state index contributed by atoms with van der Waals surface area (Å²) in [6, 6.07) is 16.4. The van der Waals surface area contributed by atoms with Gasteiger partial charge in [0.1, 0.15) is 5.75 Å². The number of methoxy groups -OCH3 is 1. The number of anilines is 1. The molecule has 3 rings (SSSR count). The predicted molar refractivity (Wildman–Crippen MR) is 102 cm³/mol. The Morgan fingerprint density at radius 3 is 2.72 bits per heavy atom. The van der Waals surface area contributed by atoms with Crippen molar-refractivity contribution in [2.45, 2.75) is 0 Å². The minimum absolute atomic E-state index is 0.448. The van der Waals surface area contributed by atoms with Crippen molar-refractivity contribution in [2.24, 2.45) is 0 Å². The molecule has 0 N–H and O–H groups in total. The molecule has 4 nitrogen and oxygen atoms in total. The number of likely N-dealkylation sites (N-methyl/N-ethyl adjacent to an activating group) is 1. The van der Waals surface area contributed by atoms with Crippen LogP contribution in [0.15, 0.2) is 67.0 Å². The summed E-state index contributed by atoms with van der Waals surface area (Å²) in [6.07, 6.45) is 3.61. The van der Waals surface area contributed by atoms with Crippen molar-refractivity contribution in [2.75, 3.05) is 25.6 Å². The maximum Gasteiger partial charge on any atom is 0.142 e. The number of nitriles is 1. The molecule has 2 aromatic carbocycles. The third-order valence-corrected chi connectivity index (χ3v) is 4.14. The lowest BCUT2D eigenvalue weighted by Gasteiger charge is -2.23. The Bertz CT molecular complexity index is 958. The van der Waals surface area contributed by atoms with E-state index in [-0.39, 0.29) is 0 Å². The van der Waals surface area contributed by atoms with Crippen LogP contribution >= 0.6 is 0 Å². The Morgan fingerprint density at radius 1 is 1.24 bits per heavy atom. The lowest BCUT2D eigenvalue weighted by atomic mass is 10.0. The zero-order valence-corrected chi connectivity index (χ0v) is 14.4. The van der Waals surface area contributed by atoms with Gasteiger partial charge in [-0.3, -0.25) is 4.98 Å². The Labute approximate surface area is 147 Å². The number of hydrogen-bond donors (Lipinski definition) is 0. The first-order valence-corrected chi connectivity index (χ1v) is 7.94. The summed E-state index contributed by atoms with van der Waals surface area (Å²) in [5.74, 6) is 0.768. The van der Waals surface area contributed by atoms with E-state index < -0.39 is 0 Å². The first-order chi connectivity index (χ1) is 12.1. The van der Waals surface area contributed by atoms with Crippen molar-refractivity contribution < 1.29 is 4.74 Å². The van der Waals surface area contributed by atoms with Gasteiger partial charge < -0.3 is 9.64 Å². The summed E-state index contributed by atoms with van der Waals surface area (Å²) in [5.41, 5.74) is 3.59. The summed E-state index contributed by atoms with van der Waals surface area (Å²) in [7, 11) is 3.60. The molecule has 0 unspecified atom stereocenters. The SMILES string of the molecule is C=C(C#N)CN(C)c1c(OC)ccc2ccc(-c3cccnc3)cc12. The van der Waals surface area contributed by atoms with Crippen LogP contribution in [-0.4, -0.2) is 25.7 Å². The zero-order valence-electron chi connectivity index (χ0n) is 14.4. The van der Waals surface area contributed by atoms with E-state index in [2.05, 4.69) is 35.8 Å². The molecule has 0 amide bonds. The van der Waals surface area contributed by atoms with Crippen molar-refractivity contribution >= 4 is 16.5 Å². The van der Waals surface area contributed by atoms with Gasteiger partial charge in [0.2, 0.25) is 0 Å². The molecule has 0 fully saturated rings. The molecular formula is C21H19N3O. The van der Waals surface area contributed by atoms with Gasteiger partial charge in [0.25, 0.3) is 0 Å². The molecule has 1 heterocycles. The lowest BCUT2D eigenvalue weighted by Crippen LogP contribution is -2.20. The van der Waals surface area contributed by atoms with Crippen molar-refractivity contribution in [3.63, 3.8) is 0 Å². The molecule has 4 heteroatoms. The largest absolute Gasteiger partial charge is 0.495 e. The fraction of sp³-hybridized carbons (Fsp3) is 0.143. The molecule has 0 saturated heterocycles. The van der Waals surface area contributed by atoms with Gasteiger partial charge in [-0.05, 0) is 29.1 Å². The fourth-order valence-electron chi connectivity index (χ4n) is 2.96. The predicted octanol–water partition coefficient (Wildman–Crippen LogP) is 4.43. The number of hydrogen-bond acceptors (Lipinski definition) is 4. The maximum atomic E-state index is 9.05. The normalized spacial score (nSPS) is 10.3. The monoisotopic (exact) mass is 329 g/mol. The van der Waals surface area contributed by atoms with Crippen LogP contribution in [0.4, 0.5) is 5.69 Å². The van der Waals surface area contributed by atoms with Crippen LogP contribution in [0.5, 0.6) is 5.75 Å². The van der Waals surface area contributed by atoms with Gasteiger partial charge >= 0.3 is 0 Å². The molecule has 0 saturated carbocycles. The van der Waals surface area contributed by atoms with Crippen LogP contribution in [0, 0.1) is 11.3 Å². The highest BCUT2D eigenvalue weighted by Gasteiger charge is 2.14. The van der Waals surface area contributed by atoms with Crippen LogP contribution in [-0.2, 0) is 0 Å². The number of ether oxygens (including phenoxy) is 1. The molecule has 0 aliphatic carbocycles. The quantitative estimate of drug-likeness (QED) is 0.650. The van der Waals surface area contributed by atoms with Gasteiger partial charge in [0.15, 0.2) is 0 Å². The van der Waals surface area contributed by atoms with Gasteiger partial charge in [-0.1, -0.05) is 30.8 Å². The Kier molecular flexibility index (Phi) is 4.67. The van der Waals surface area contributed by atoms with Gasteiger partial charge in [0.05, 0.1) is 25.4 Å². The van der Waals surface area contributed by atoms with E-state index >= 15 is 0 Å². The second-order valence-electron chi connectivity index (χ2n) is 5.87. The molecule has 0 spiro atoms. The average molecular weight is 329 g/mol. The van der Waals surface area contributed by atoms with E-state index in [1.54, 1.807) is 13.3 Å². The van der Waals surface area contributed by atoms with E-state index in [4.69, 9.17) is 10.00 Å². The lowest BCUT2D eigenvalue weighted by molar-refractivity contribution is 0.415. The molecule has 0 bridgehead atoms. The van der Waals surface area contributed by atoms with E-state index in [1.807, 2.05) is 42.4 Å². The van der Waals surface area contributed by atoms with E-state index in [0.29, 0.717) is 12.1 Å². The van der Waals surface area contributed by atoms with Crippen molar-refractivity contribution in [3.05, 3.63) is 67.0 Å². The first kappa shape index (κ1) is 16.5. The van der Waals surface area contributed by atoms with E-state index in [9.17, 15) is 0 Å². The van der Waals surface area contributed by atoms with Gasteiger partial charge in [-0.25, -0.2) is 0 Å². The number of rotatable bonds is 5. The van der Waals surface area contributed by atoms with Crippen LogP contribution in [0.1, 0.15) is 0 Å². The molecule has 124 valence electrons. The Morgan fingerprint density at radius 2 is 2.04 bits per heavy atom. The number of pyridine rings is 1. The van der Waals surface area contributed by atoms with Crippen LogP contribution in [0.3, 0.4) is 0 Å². The molecule has 0 atom stereocenters. The summed E-state index contributed by atoms with van der Waals surface area (Å²) >= 11 is 0. The fourth-order valence-corrected chi connectivity index (χ4v) is 2.96. The highest BCUT2D eigenvalue weighted by atomic mass is 16.5. The minimum atomic E-state index is 0.448. The van der Waals surface area contributed by atoms with Gasteiger partial charge in [-0.15, -0.1) is 0 Å². The van der Waals surface area contributed by atoms with E-state index in [1.165, 1.54) is 0 Å². The number of fused-ring (bicyclic) bond motifs is 1. The van der Waals surface area contributed by atoms with Crippen molar-refractivity contribution in [1.29, 1.82) is 5.26 Å². The van der Waals surface area contributed by atoms with Crippen LogP contribution < -0.4 is 9.64 Å². The maximum absolute atomic E-state index is 9.05. The highest BCUT2D eigenvalue weighted by Crippen LogP contribution is 2.38. The number of nitrogens with zero attached hydrogens (tertiary/aromatic N) is 3. The molecule has 0 radical (unpaired) electrons. The zero-order chi connectivity index (χ0) is 17.8. The standard InChI is InChI=1S/C21H19N3O/c1-15(12-22)14-24(2)21-19-11-17(18-5-4-10-23-13-18)7-6-16(19)8-9-20(21)25-3/h4-11,13H,1,14H2,2-3H3. The van der Waals surface area contributed by atoms with Crippen LogP contribution in [0.25, 0.3) is 21.9 Å². The summed E-state index contributed by atoms with van der Waals surface area (Å²) in [4.78, 5) is 6.20. The topological polar surface area (TPSA) is 49.2 Å². The minimum Gasteiger partial charge on any atom is -0.495 e. The second kappa shape index (κ2) is 7.06. The average Bonchev–Trinajstić information content (AvgIpc) is 2.66. The third kappa shape index (κ3) is 3.31. The second-order valence-corrected chi connectivity index (χ2v) is 5.87. The van der Waals surface area contributed by atoms with Crippen LogP contribution in [0.2, 0.25) is 0 Å². The molecule has 0 aliphatic heterocycles. The van der Waals surface area contributed by atoms with Crippen molar-refractivity contribution in [3.8, 4) is 22.9 Å². The summed E-state index contributed by atoms with van der Waals surface area (Å²) < 4.78 is 5.57. The summed E-state index contributed by atoms with van der Waals surface area (Å²) in [6.45, 7) is 4.24. The van der Waals surface area contributed by atoms with Gasteiger partial charge in [0, 0.05) is 36.0 Å². The Hall–Kier alpha value is -3.32. The van der Waals surface area contributed by atoms with Gasteiger partial charge in [-0.2, -0.15) is 5.26 Å². The Balaban J connectivity index is 2.18. The number of aromatic nitrogens is 1. The molecule has 25 heavy (non-hydrogen) atoms. The highest BCUT2D eigenvalue weighted by molar-refractivity contribution is 5.99. The molecular weight excluding hydrogens is 310 g/mol. The summed E-state index contributed by atoms with van der Waals surface area (Å²) in [5, 5.41) is 11.2. The van der Waals surface area contributed by atoms with Crippen molar-refractivity contribution in [1.82, 2.24) is 4.98 Å². The smallest absolute Gasteiger partial charge is 0.142 e. The molecule has 3 aromatic rings. The van der Waals surface area contributed by atoms with E-state index in [0.717, 1.165) is 33.3 Å². The third-order valence-electron chi connectivity index (χ3n) is 4.14. The molecule has 0 aliphatic rings. The first-order valence-electron chi connectivity index (χ1n) is 7.94. The number of benzene rings is 2.